The molecule has 0 atom stereocenters. The van der Waals surface area contributed by atoms with E-state index in [2.05, 4.69) is 29.3 Å². The number of nitrogens with zero attached hydrogens (tertiary/aromatic N) is 3. The molecule has 27 heavy (non-hydrogen) atoms. The number of rotatable bonds is 9. The summed E-state index contributed by atoms with van der Waals surface area (Å²) in [6, 6.07) is 11.7. The van der Waals surface area contributed by atoms with Crippen molar-refractivity contribution in [3.05, 3.63) is 70.3 Å². The van der Waals surface area contributed by atoms with E-state index in [0.29, 0.717) is 0 Å². The van der Waals surface area contributed by atoms with Crippen LogP contribution in [0.1, 0.15) is 61.3 Å². The van der Waals surface area contributed by atoms with Crippen LogP contribution >= 0.6 is 0 Å². The summed E-state index contributed by atoms with van der Waals surface area (Å²) in [5.74, 6) is -1.82. The summed E-state index contributed by atoms with van der Waals surface area (Å²) >= 11 is 0. The zero-order chi connectivity index (χ0) is 19.5. The Kier molecular flexibility index (Phi) is 8.31. The highest BCUT2D eigenvalue weighted by molar-refractivity contribution is 5.82. The van der Waals surface area contributed by atoms with Crippen molar-refractivity contribution >= 4 is 12.4 Å². The van der Waals surface area contributed by atoms with Crippen molar-refractivity contribution in [2.24, 2.45) is 10.2 Å². The summed E-state index contributed by atoms with van der Waals surface area (Å²) < 4.78 is 27.0. The third-order valence-electron chi connectivity index (χ3n) is 4.21. The van der Waals surface area contributed by atoms with Gasteiger partial charge in [0.2, 0.25) is 0 Å². The predicted molar refractivity (Wildman–Crippen MR) is 105 cm³/mol. The standard InChI is InChI=1S/C22H23F2N3/c1-2-3-4-5-6-7-17-8-10-18(11-9-17)15-26-27-16-19-12-21(23)20(14-25)22(24)13-19/h8-13,15-16H,2-7H2,1H3. The van der Waals surface area contributed by atoms with Gasteiger partial charge in [-0.1, -0.05) is 56.9 Å². The maximum Gasteiger partial charge on any atom is 0.144 e. The summed E-state index contributed by atoms with van der Waals surface area (Å²) in [7, 11) is 0. The van der Waals surface area contributed by atoms with Gasteiger partial charge in [0.05, 0.1) is 12.4 Å². The van der Waals surface area contributed by atoms with E-state index in [4.69, 9.17) is 5.26 Å². The molecule has 0 N–H and O–H groups in total. The molecule has 0 fully saturated rings. The van der Waals surface area contributed by atoms with E-state index in [1.54, 1.807) is 6.21 Å². The van der Waals surface area contributed by atoms with Crippen LogP contribution in [0.15, 0.2) is 46.6 Å². The number of halogens is 2. The van der Waals surface area contributed by atoms with E-state index in [-0.39, 0.29) is 5.56 Å². The van der Waals surface area contributed by atoms with Crippen molar-refractivity contribution in [2.45, 2.75) is 45.4 Å². The Morgan fingerprint density at radius 2 is 1.48 bits per heavy atom. The molecule has 0 aliphatic carbocycles. The van der Waals surface area contributed by atoms with Gasteiger partial charge < -0.3 is 0 Å². The highest BCUT2D eigenvalue weighted by Crippen LogP contribution is 2.13. The third kappa shape index (κ3) is 6.74. The molecule has 0 saturated heterocycles. The molecule has 0 radical (unpaired) electrons. The number of hydrogen-bond acceptors (Lipinski definition) is 3. The van der Waals surface area contributed by atoms with Crippen LogP contribution in [-0.4, -0.2) is 12.4 Å². The van der Waals surface area contributed by atoms with Gasteiger partial charge in [0.15, 0.2) is 0 Å². The minimum atomic E-state index is -0.909. The van der Waals surface area contributed by atoms with Gasteiger partial charge in [0.1, 0.15) is 23.3 Å². The molecule has 0 aromatic heterocycles. The topological polar surface area (TPSA) is 48.5 Å². The van der Waals surface area contributed by atoms with Crippen molar-refractivity contribution < 1.29 is 8.78 Å². The van der Waals surface area contributed by atoms with Gasteiger partial charge in [-0.3, -0.25) is 0 Å². The number of unbranched alkanes of at least 4 members (excludes halogenated alkanes) is 4. The highest BCUT2D eigenvalue weighted by Gasteiger charge is 2.09. The summed E-state index contributed by atoms with van der Waals surface area (Å²) in [6.07, 6.45) is 10.2. The minimum Gasteiger partial charge on any atom is -0.205 e. The first kappa shape index (κ1) is 20.4. The predicted octanol–water partition coefficient (Wildman–Crippen LogP) is 5.80. The molecule has 2 aromatic carbocycles. The number of aryl methyl sites for hydroxylation is 1. The summed E-state index contributed by atoms with van der Waals surface area (Å²) in [6.45, 7) is 2.21. The lowest BCUT2D eigenvalue weighted by molar-refractivity contribution is 0.576. The first-order valence-corrected chi connectivity index (χ1v) is 9.18. The molecule has 0 aliphatic heterocycles. The average molecular weight is 367 g/mol. The molecule has 2 aromatic rings. The van der Waals surface area contributed by atoms with Crippen molar-refractivity contribution in [1.29, 1.82) is 5.26 Å². The molecule has 140 valence electrons. The first-order valence-electron chi connectivity index (χ1n) is 9.18. The van der Waals surface area contributed by atoms with Crippen molar-refractivity contribution in [3.8, 4) is 6.07 Å². The lowest BCUT2D eigenvalue weighted by Gasteiger charge is -2.02. The fourth-order valence-corrected chi connectivity index (χ4v) is 2.68. The van der Waals surface area contributed by atoms with E-state index in [1.165, 1.54) is 50.0 Å². The summed E-state index contributed by atoms with van der Waals surface area (Å²) in [4.78, 5) is 0. The van der Waals surface area contributed by atoms with Gasteiger partial charge in [-0.25, -0.2) is 8.78 Å². The number of hydrogen-bond donors (Lipinski definition) is 0. The van der Waals surface area contributed by atoms with Gasteiger partial charge in [-0.15, -0.1) is 0 Å². The molecule has 0 unspecified atom stereocenters. The monoisotopic (exact) mass is 367 g/mol. The molecule has 0 saturated carbocycles. The zero-order valence-electron chi connectivity index (χ0n) is 15.5. The van der Waals surface area contributed by atoms with E-state index in [0.717, 1.165) is 24.1 Å². The molecule has 5 heteroatoms. The average Bonchev–Trinajstić information content (AvgIpc) is 2.66. The second kappa shape index (κ2) is 11.0. The van der Waals surface area contributed by atoms with E-state index in [9.17, 15) is 8.78 Å². The first-order chi connectivity index (χ1) is 13.1. The largest absolute Gasteiger partial charge is 0.205 e. The molecule has 0 bridgehead atoms. The lowest BCUT2D eigenvalue weighted by atomic mass is 10.0. The van der Waals surface area contributed by atoms with Crippen LogP contribution in [0.2, 0.25) is 0 Å². The smallest absolute Gasteiger partial charge is 0.144 e. The van der Waals surface area contributed by atoms with Crippen LogP contribution < -0.4 is 0 Å². The van der Waals surface area contributed by atoms with Crippen LogP contribution in [-0.2, 0) is 6.42 Å². The highest BCUT2D eigenvalue weighted by atomic mass is 19.1. The molecule has 0 amide bonds. The fraction of sp³-hybridized carbons (Fsp3) is 0.318. The molecule has 0 aliphatic rings. The van der Waals surface area contributed by atoms with Gasteiger partial charge in [-0.05, 0) is 36.1 Å². The summed E-state index contributed by atoms with van der Waals surface area (Å²) in [5, 5.41) is 16.3. The maximum absolute atomic E-state index is 13.5. The molecule has 0 spiro atoms. The second-order valence-corrected chi connectivity index (χ2v) is 6.37. The molecule has 3 nitrogen and oxygen atoms in total. The maximum atomic E-state index is 13.5. The van der Waals surface area contributed by atoms with Gasteiger partial charge in [-0.2, -0.15) is 15.5 Å². The molecular formula is C22H23F2N3. The van der Waals surface area contributed by atoms with Crippen LogP contribution in [0.3, 0.4) is 0 Å². The Labute approximate surface area is 159 Å². The normalized spacial score (nSPS) is 11.3. The second-order valence-electron chi connectivity index (χ2n) is 6.37. The Morgan fingerprint density at radius 1 is 0.889 bits per heavy atom. The van der Waals surface area contributed by atoms with E-state index < -0.39 is 17.2 Å². The van der Waals surface area contributed by atoms with Crippen molar-refractivity contribution in [3.63, 3.8) is 0 Å². The quantitative estimate of drug-likeness (QED) is 0.314. The third-order valence-corrected chi connectivity index (χ3v) is 4.21. The van der Waals surface area contributed by atoms with Crippen LogP contribution in [0.25, 0.3) is 0 Å². The zero-order valence-corrected chi connectivity index (χ0v) is 15.5. The molecular weight excluding hydrogens is 344 g/mol. The lowest BCUT2D eigenvalue weighted by Crippen LogP contribution is -1.93. The number of nitriles is 1. The summed E-state index contributed by atoms with van der Waals surface area (Å²) in [5.41, 5.74) is 1.82. The Balaban J connectivity index is 1.87. The van der Waals surface area contributed by atoms with Crippen molar-refractivity contribution in [2.75, 3.05) is 0 Å². The van der Waals surface area contributed by atoms with Gasteiger partial charge in [0, 0.05) is 5.56 Å². The van der Waals surface area contributed by atoms with Crippen LogP contribution in [0.5, 0.6) is 0 Å². The van der Waals surface area contributed by atoms with Crippen LogP contribution in [0, 0.1) is 23.0 Å². The van der Waals surface area contributed by atoms with Crippen molar-refractivity contribution in [1.82, 2.24) is 0 Å². The van der Waals surface area contributed by atoms with Gasteiger partial charge >= 0.3 is 0 Å². The fourth-order valence-electron chi connectivity index (χ4n) is 2.68. The SMILES string of the molecule is CCCCCCCc1ccc(C=NN=Cc2cc(F)c(C#N)c(F)c2)cc1. The van der Waals surface area contributed by atoms with Crippen LogP contribution in [0.4, 0.5) is 8.78 Å². The number of benzene rings is 2. The van der Waals surface area contributed by atoms with Gasteiger partial charge in [0.25, 0.3) is 0 Å². The van der Waals surface area contributed by atoms with E-state index in [1.807, 2.05) is 12.1 Å². The Morgan fingerprint density at radius 3 is 2.07 bits per heavy atom. The Bertz CT molecular complexity index is 811. The Hall–Kier alpha value is -2.87. The van der Waals surface area contributed by atoms with E-state index >= 15 is 0 Å². The minimum absolute atomic E-state index is 0.208. The molecule has 0 heterocycles. The molecule has 2 rings (SSSR count).